The van der Waals surface area contributed by atoms with E-state index in [1.807, 2.05) is 43.3 Å². The van der Waals surface area contributed by atoms with Gasteiger partial charge in [0, 0.05) is 29.6 Å². The number of benzene rings is 2. The molecule has 0 saturated heterocycles. The molecule has 0 radical (unpaired) electrons. The molecular weight excluding hydrogens is 360 g/mol. The summed E-state index contributed by atoms with van der Waals surface area (Å²) < 4.78 is 0. The van der Waals surface area contributed by atoms with Crippen molar-refractivity contribution in [3.05, 3.63) is 82.6 Å². The van der Waals surface area contributed by atoms with Crippen LogP contribution < -0.4 is 10.6 Å². The van der Waals surface area contributed by atoms with Gasteiger partial charge >= 0.3 is 0 Å². The molecule has 0 aliphatic heterocycles. The molecule has 3 rings (SSSR count). The zero-order valence-corrected chi connectivity index (χ0v) is 15.8. The summed E-state index contributed by atoms with van der Waals surface area (Å²) in [5, 5.41) is 6.68. The Hall–Kier alpha value is -2.92. The van der Waals surface area contributed by atoms with Crippen LogP contribution in [0.15, 0.2) is 60.9 Å². The van der Waals surface area contributed by atoms with Crippen molar-refractivity contribution in [2.45, 2.75) is 19.8 Å². The van der Waals surface area contributed by atoms with E-state index in [4.69, 9.17) is 11.6 Å². The van der Waals surface area contributed by atoms with E-state index in [9.17, 15) is 4.79 Å². The van der Waals surface area contributed by atoms with Crippen LogP contribution in [0.25, 0.3) is 0 Å². The first-order chi connectivity index (χ1) is 13.1. The summed E-state index contributed by atoms with van der Waals surface area (Å²) in [5.41, 5.74) is 3.45. The molecule has 6 heteroatoms. The maximum Gasteiger partial charge on any atom is 0.254 e. The second kappa shape index (κ2) is 9.14. The lowest BCUT2D eigenvalue weighted by Gasteiger charge is -2.09. The average Bonchev–Trinajstić information content (AvgIpc) is 2.70. The molecule has 1 amide bonds. The summed E-state index contributed by atoms with van der Waals surface area (Å²) in [6.07, 6.45) is 4.84. The average molecular weight is 381 g/mol. The second-order valence-corrected chi connectivity index (χ2v) is 6.58. The highest BCUT2D eigenvalue weighted by molar-refractivity contribution is 6.31. The second-order valence-electron chi connectivity index (χ2n) is 6.18. The molecule has 0 aliphatic carbocycles. The third-order valence-electron chi connectivity index (χ3n) is 4.20. The Bertz CT molecular complexity index is 898. The third kappa shape index (κ3) is 5.28. The zero-order valence-electron chi connectivity index (χ0n) is 15.1. The summed E-state index contributed by atoms with van der Waals surface area (Å²) in [5.74, 6) is 0.245. The summed E-state index contributed by atoms with van der Waals surface area (Å²) >= 11 is 6.11. The van der Waals surface area contributed by atoms with E-state index in [-0.39, 0.29) is 5.91 Å². The van der Waals surface area contributed by atoms with Gasteiger partial charge in [-0.1, -0.05) is 48.0 Å². The fourth-order valence-corrected chi connectivity index (χ4v) is 2.79. The van der Waals surface area contributed by atoms with Gasteiger partial charge in [-0.3, -0.25) is 4.79 Å². The van der Waals surface area contributed by atoms with Crippen molar-refractivity contribution in [3.63, 3.8) is 0 Å². The summed E-state index contributed by atoms with van der Waals surface area (Å²) in [6, 6.07) is 15.8. The van der Waals surface area contributed by atoms with Crippen LogP contribution in [0.5, 0.6) is 0 Å². The van der Waals surface area contributed by atoms with Gasteiger partial charge in [-0.25, -0.2) is 9.97 Å². The number of aryl methyl sites for hydroxylation is 1. The van der Waals surface area contributed by atoms with E-state index in [0.717, 1.165) is 24.1 Å². The molecule has 0 bridgehead atoms. The highest BCUT2D eigenvalue weighted by atomic mass is 35.5. The van der Waals surface area contributed by atoms with E-state index >= 15 is 0 Å². The van der Waals surface area contributed by atoms with Gasteiger partial charge in [0.15, 0.2) is 0 Å². The topological polar surface area (TPSA) is 66.9 Å². The lowest BCUT2D eigenvalue weighted by atomic mass is 10.1. The minimum atomic E-state index is -0.173. The normalized spacial score (nSPS) is 10.4. The monoisotopic (exact) mass is 380 g/mol. The first-order valence-corrected chi connectivity index (χ1v) is 9.17. The Morgan fingerprint density at radius 2 is 1.78 bits per heavy atom. The van der Waals surface area contributed by atoms with E-state index in [1.165, 1.54) is 18.0 Å². The van der Waals surface area contributed by atoms with Gasteiger partial charge in [0.25, 0.3) is 5.91 Å². The number of carbonyl (C=O) groups is 1. The molecule has 5 nitrogen and oxygen atoms in total. The first kappa shape index (κ1) is 18.9. The van der Waals surface area contributed by atoms with Gasteiger partial charge in [-0.05, 0) is 43.0 Å². The van der Waals surface area contributed by atoms with Gasteiger partial charge in [-0.2, -0.15) is 0 Å². The molecule has 0 unspecified atom stereocenters. The molecule has 2 aromatic carbocycles. The molecule has 0 atom stereocenters. The first-order valence-electron chi connectivity index (χ1n) is 8.80. The molecule has 1 heterocycles. The molecule has 2 N–H and O–H groups in total. The van der Waals surface area contributed by atoms with Gasteiger partial charge < -0.3 is 10.6 Å². The van der Waals surface area contributed by atoms with Crippen molar-refractivity contribution < 1.29 is 4.79 Å². The number of hydrogen-bond acceptors (Lipinski definition) is 4. The Morgan fingerprint density at radius 1 is 1.04 bits per heavy atom. The van der Waals surface area contributed by atoms with Crippen molar-refractivity contribution >= 4 is 29.1 Å². The smallest absolute Gasteiger partial charge is 0.254 e. The number of halogens is 1. The predicted octanol–water partition coefficient (Wildman–Crippen LogP) is 4.54. The number of nitrogens with one attached hydrogen (secondary N) is 2. The van der Waals surface area contributed by atoms with Gasteiger partial charge in [0.1, 0.15) is 0 Å². The van der Waals surface area contributed by atoms with Crippen LogP contribution in [0.1, 0.15) is 27.9 Å². The zero-order chi connectivity index (χ0) is 19.1. The quantitative estimate of drug-likeness (QED) is 0.590. The Morgan fingerprint density at radius 3 is 2.52 bits per heavy atom. The number of amides is 1. The molecule has 3 aromatic rings. The highest BCUT2D eigenvalue weighted by Gasteiger charge is 2.08. The molecule has 138 valence electrons. The molecule has 1 aromatic heterocycles. The molecule has 0 aliphatic rings. The number of carbonyl (C=O) groups excluding carboxylic acids is 1. The summed E-state index contributed by atoms with van der Waals surface area (Å²) in [7, 11) is 0. The van der Waals surface area contributed by atoms with Crippen LogP contribution in [0.3, 0.4) is 0 Å². The van der Waals surface area contributed by atoms with Crippen molar-refractivity contribution in [1.29, 1.82) is 0 Å². The predicted molar refractivity (Wildman–Crippen MR) is 109 cm³/mol. The molecular formula is C21H21ClN4O. The highest BCUT2D eigenvalue weighted by Crippen LogP contribution is 2.24. The fraction of sp³-hybridized carbons (Fsp3) is 0.190. The van der Waals surface area contributed by atoms with Crippen LogP contribution in [0, 0.1) is 6.92 Å². The SMILES string of the molecule is Cc1c(Cl)cccc1Nc1ncc(C(=O)NCCCc2ccccc2)cn1. The molecule has 0 spiro atoms. The van der Waals surface area contributed by atoms with Gasteiger partial charge in [-0.15, -0.1) is 0 Å². The molecule has 27 heavy (non-hydrogen) atoms. The lowest BCUT2D eigenvalue weighted by Crippen LogP contribution is -2.25. The number of rotatable bonds is 7. The van der Waals surface area contributed by atoms with Crippen LogP contribution in [-0.2, 0) is 6.42 Å². The number of aromatic nitrogens is 2. The lowest BCUT2D eigenvalue weighted by molar-refractivity contribution is 0.0952. The Labute approximate surface area is 163 Å². The van der Waals surface area contributed by atoms with Crippen LogP contribution in [-0.4, -0.2) is 22.4 Å². The maximum atomic E-state index is 12.2. The van der Waals surface area contributed by atoms with Crippen molar-refractivity contribution in [2.24, 2.45) is 0 Å². The van der Waals surface area contributed by atoms with E-state index in [1.54, 1.807) is 0 Å². The molecule has 0 fully saturated rings. The Balaban J connectivity index is 1.50. The van der Waals surface area contributed by atoms with E-state index in [0.29, 0.717) is 23.1 Å². The largest absolute Gasteiger partial charge is 0.352 e. The maximum absolute atomic E-state index is 12.2. The van der Waals surface area contributed by atoms with E-state index < -0.39 is 0 Å². The summed E-state index contributed by atoms with van der Waals surface area (Å²) in [6.45, 7) is 2.53. The van der Waals surface area contributed by atoms with Gasteiger partial charge in [0.2, 0.25) is 5.95 Å². The number of nitrogens with zero attached hydrogens (tertiary/aromatic N) is 2. The van der Waals surface area contributed by atoms with Crippen molar-refractivity contribution in [1.82, 2.24) is 15.3 Å². The number of hydrogen-bond donors (Lipinski definition) is 2. The van der Waals surface area contributed by atoms with Crippen LogP contribution in [0.4, 0.5) is 11.6 Å². The Kier molecular flexibility index (Phi) is 6.39. The third-order valence-corrected chi connectivity index (χ3v) is 4.61. The van der Waals surface area contributed by atoms with Crippen LogP contribution >= 0.6 is 11.6 Å². The van der Waals surface area contributed by atoms with Gasteiger partial charge in [0.05, 0.1) is 5.56 Å². The summed E-state index contributed by atoms with van der Waals surface area (Å²) in [4.78, 5) is 20.6. The minimum absolute atomic E-state index is 0.173. The van der Waals surface area contributed by atoms with Crippen LogP contribution in [0.2, 0.25) is 5.02 Å². The fourth-order valence-electron chi connectivity index (χ4n) is 2.61. The van der Waals surface area contributed by atoms with Crippen molar-refractivity contribution in [2.75, 3.05) is 11.9 Å². The molecule has 0 saturated carbocycles. The number of anilines is 2. The standard InChI is InChI=1S/C21H21ClN4O/c1-15-18(22)10-5-11-19(15)26-21-24-13-17(14-25-21)20(27)23-12-6-9-16-7-3-2-4-8-16/h2-5,7-8,10-11,13-14H,6,9,12H2,1H3,(H,23,27)(H,24,25,26). The van der Waals surface area contributed by atoms with E-state index in [2.05, 4.69) is 32.7 Å². The van der Waals surface area contributed by atoms with Crippen molar-refractivity contribution in [3.8, 4) is 0 Å². The minimum Gasteiger partial charge on any atom is -0.352 e.